The highest BCUT2D eigenvalue weighted by molar-refractivity contribution is 7.99. The average molecular weight is 236 g/mol. The highest BCUT2D eigenvalue weighted by Gasteiger charge is 1.88. The molecule has 0 fully saturated rings. The van der Waals surface area contributed by atoms with Gasteiger partial charge >= 0.3 is 0 Å². The highest BCUT2D eigenvalue weighted by atomic mass is 32.2. The lowest BCUT2D eigenvalue weighted by atomic mass is 10.6. The summed E-state index contributed by atoms with van der Waals surface area (Å²) in [5.41, 5.74) is 0. The fourth-order valence-corrected chi connectivity index (χ4v) is 1.06. The van der Waals surface area contributed by atoms with E-state index in [1.807, 2.05) is 32.5 Å². The summed E-state index contributed by atoms with van der Waals surface area (Å²) in [5.74, 6) is 1.32. The topological polar surface area (TPSA) is 0 Å². The van der Waals surface area contributed by atoms with Crippen molar-refractivity contribution >= 4 is 24.4 Å². The van der Waals surface area contributed by atoms with Crippen molar-refractivity contribution in [1.29, 1.82) is 0 Å². The summed E-state index contributed by atoms with van der Waals surface area (Å²) in [6.45, 7) is 16.0. The molecule has 0 nitrogen and oxygen atoms in total. The van der Waals surface area contributed by atoms with Crippen molar-refractivity contribution in [3.05, 3.63) is 12.7 Å². The van der Waals surface area contributed by atoms with E-state index in [0.717, 1.165) is 5.25 Å². The Kier molecular flexibility index (Phi) is 27.2. The van der Waals surface area contributed by atoms with E-state index in [9.17, 15) is 0 Å². The van der Waals surface area contributed by atoms with Gasteiger partial charge in [0.15, 0.2) is 0 Å². The first kappa shape index (κ1) is 19.9. The molecule has 0 heterocycles. The van der Waals surface area contributed by atoms with Crippen LogP contribution in [0.4, 0.5) is 0 Å². The molecule has 0 atom stereocenters. The van der Waals surface area contributed by atoms with Crippen molar-refractivity contribution in [3.63, 3.8) is 0 Å². The second kappa shape index (κ2) is 19.1. The van der Waals surface area contributed by atoms with Gasteiger partial charge < -0.3 is 0 Å². The third-order valence-electron chi connectivity index (χ3n) is 0.655. The van der Waals surface area contributed by atoms with E-state index < -0.39 is 0 Å². The van der Waals surface area contributed by atoms with E-state index in [0.29, 0.717) is 5.25 Å². The second-order valence-electron chi connectivity index (χ2n) is 3.42. The molecule has 0 unspecified atom stereocenters. The van der Waals surface area contributed by atoms with E-state index in [1.54, 1.807) is 6.08 Å². The highest BCUT2D eigenvalue weighted by Crippen LogP contribution is 2.08. The maximum Gasteiger partial charge on any atom is -0.000969 e. The SMILES string of the molecule is C=CC.CC(C)S.CCCSC(C)C. The fraction of sp³-hybridized carbons (Fsp3) is 0.833. The first-order valence-electron chi connectivity index (χ1n) is 5.28. The number of thioether (sulfide) groups is 1. The number of hydrogen-bond donors (Lipinski definition) is 1. The van der Waals surface area contributed by atoms with Gasteiger partial charge in [-0.1, -0.05) is 40.7 Å². The Morgan fingerprint density at radius 2 is 1.57 bits per heavy atom. The fourth-order valence-electron chi connectivity index (χ4n) is 0.354. The van der Waals surface area contributed by atoms with Gasteiger partial charge in [-0.3, -0.25) is 0 Å². The Morgan fingerprint density at radius 3 is 1.64 bits per heavy atom. The molecular weight excluding hydrogens is 208 g/mol. The molecule has 0 bridgehead atoms. The van der Waals surface area contributed by atoms with E-state index >= 15 is 0 Å². The molecule has 88 valence electrons. The lowest BCUT2D eigenvalue weighted by molar-refractivity contribution is 1.06. The lowest BCUT2D eigenvalue weighted by Gasteiger charge is -1.99. The molecule has 0 aromatic rings. The summed E-state index contributed by atoms with van der Waals surface area (Å²) in [6.07, 6.45) is 3.06. The zero-order valence-electron chi connectivity index (χ0n) is 10.7. The molecule has 0 aromatic carbocycles. The predicted molar refractivity (Wildman–Crippen MR) is 77.9 cm³/mol. The van der Waals surface area contributed by atoms with Crippen molar-refractivity contribution in [2.75, 3.05) is 5.75 Å². The lowest BCUT2D eigenvalue weighted by Crippen LogP contribution is -1.86. The van der Waals surface area contributed by atoms with Gasteiger partial charge in [0.2, 0.25) is 0 Å². The van der Waals surface area contributed by atoms with Gasteiger partial charge in [0.1, 0.15) is 0 Å². The molecule has 0 saturated heterocycles. The summed E-state index contributed by atoms with van der Waals surface area (Å²) < 4.78 is 0. The average Bonchev–Trinajstić information content (AvgIpc) is 2.01. The molecule has 0 N–H and O–H groups in total. The summed E-state index contributed by atoms with van der Waals surface area (Å²) in [5, 5.41) is 1.35. The van der Waals surface area contributed by atoms with E-state index in [-0.39, 0.29) is 0 Å². The second-order valence-corrected chi connectivity index (χ2v) is 6.14. The quantitative estimate of drug-likeness (QED) is 0.528. The van der Waals surface area contributed by atoms with Gasteiger partial charge in [0.25, 0.3) is 0 Å². The van der Waals surface area contributed by atoms with Crippen LogP contribution in [0.3, 0.4) is 0 Å². The number of rotatable bonds is 3. The molecule has 0 aliphatic heterocycles. The minimum Gasteiger partial charge on any atom is -0.177 e. The van der Waals surface area contributed by atoms with E-state index in [1.165, 1.54) is 12.2 Å². The molecule has 0 rings (SSSR count). The molecule has 0 radical (unpaired) electrons. The molecule has 14 heavy (non-hydrogen) atoms. The molecule has 0 saturated carbocycles. The van der Waals surface area contributed by atoms with Gasteiger partial charge in [0, 0.05) is 0 Å². The number of allylic oxidation sites excluding steroid dienone is 1. The van der Waals surface area contributed by atoms with Gasteiger partial charge in [-0.2, -0.15) is 24.4 Å². The number of hydrogen-bond acceptors (Lipinski definition) is 2. The van der Waals surface area contributed by atoms with Crippen LogP contribution in [0, 0.1) is 0 Å². The van der Waals surface area contributed by atoms with Gasteiger partial charge in [0.05, 0.1) is 0 Å². The summed E-state index contributed by atoms with van der Waals surface area (Å²) in [4.78, 5) is 0. The Bertz CT molecular complexity index is 85.6. The van der Waals surface area contributed by atoms with Crippen molar-refractivity contribution in [2.45, 2.75) is 58.5 Å². The first-order valence-corrected chi connectivity index (χ1v) is 6.85. The Morgan fingerprint density at radius 1 is 1.29 bits per heavy atom. The molecule has 0 aliphatic carbocycles. The Balaban J connectivity index is -0.000000147. The standard InChI is InChI=1S/C6H14S.C3H8S.C3H6/c1-4-5-7-6(2)3;1-3(2)4;1-3-2/h6H,4-5H2,1-3H3;3-4H,1-2H3;3H,1H2,2H3. The van der Waals surface area contributed by atoms with Crippen LogP contribution in [0.5, 0.6) is 0 Å². The van der Waals surface area contributed by atoms with E-state index in [2.05, 4.69) is 40.0 Å². The van der Waals surface area contributed by atoms with Crippen LogP contribution in [0.2, 0.25) is 0 Å². The molecular formula is C12H28S2. The zero-order chi connectivity index (χ0) is 12.0. The van der Waals surface area contributed by atoms with Crippen LogP contribution in [0.15, 0.2) is 12.7 Å². The van der Waals surface area contributed by atoms with Crippen molar-refractivity contribution < 1.29 is 0 Å². The summed E-state index contributed by atoms with van der Waals surface area (Å²) >= 11 is 6.00. The largest absolute Gasteiger partial charge is 0.177 e. The van der Waals surface area contributed by atoms with Crippen LogP contribution < -0.4 is 0 Å². The van der Waals surface area contributed by atoms with E-state index in [4.69, 9.17) is 0 Å². The molecule has 2 heteroatoms. The van der Waals surface area contributed by atoms with Gasteiger partial charge in [-0.25, -0.2) is 0 Å². The Hall–Kier alpha value is 0.440. The minimum atomic E-state index is 0.528. The van der Waals surface area contributed by atoms with Crippen LogP contribution in [-0.4, -0.2) is 16.3 Å². The minimum absolute atomic E-state index is 0.528. The summed E-state index contributed by atoms with van der Waals surface area (Å²) in [6, 6.07) is 0. The molecule has 0 aliphatic rings. The van der Waals surface area contributed by atoms with Crippen LogP contribution in [0.25, 0.3) is 0 Å². The van der Waals surface area contributed by atoms with Crippen LogP contribution in [0.1, 0.15) is 48.0 Å². The third kappa shape index (κ3) is 82.6. The monoisotopic (exact) mass is 236 g/mol. The zero-order valence-corrected chi connectivity index (χ0v) is 12.4. The van der Waals surface area contributed by atoms with Crippen LogP contribution >= 0.6 is 24.4 Å². The normalized spacial score (nSPS) is 8.64. The Labute approximate surface area is 101 Å². The van der Waals surface area contributed by atoms with Crippen molar-refractivity contribution in [3.8, 4) is 0 Å². The predicted octanol–water partition coefficient (Wildman–Crippen LogP) is 5.05. The van der Waals surface area contributed by atoms with Crippen LogP contribution in [-0.2, 0) is 0 Å². The van der Waals surface area contributed by atoms with Gasteiger partial charge in [-0.05, 0) is 29.6 Å². The third-order valence-corrected chi connectivity index (χ3v) is 1.97. The van der Waals surface area contributed by atoms with Gasteiger partial charge in [-0.15, -0.1) is 6.58 Å². The first-order chi connectivity index (χ1) is 6.42. The molecule has 0 aromatic heterocycles. The number of thiol groups is 1. The molecule has 0 spiro atoms. The smallest absolute Gasteiger partial charge is 0.000969 e. The maximum atomic E-state index is 3.97. The van der Waals surface area contributed by atoms with Crippen molar-refractivity contribution in [1.82, 2.24) is 0 Å². The summed E-state index contributed by atoms with van der Waals surface area (Å²) in [7, 11) is 0. The maximum absolute atomic E-state index is 3.97. The molecule has 0 amide bonds. The van der Waals surface area contributed by atoms with Crippen molar-refractivity contribution in [2.24, 2.45) is 0 Å².